The molecule has 0 saturated heterocycles. The highest BCUT2D eigenvalue weighted by Crippen LogP contribution is 2.47. The molecule has 2 aromatic heterocycles. The van der Waals surface area contributed by atoms with Crippen LogP contribution in [0.3, 0.4) is 0 Å². The van der Waals surface area contributed by atoms with Gasteiger partial charge in [0.2, 0.25) is 0 Å². The number of aryl methyl sites for hydroxylation is 8. The van der Waals surface area contributed by atoms with Crippen molar-refractivity contribution in [3.8, 4) is 0 Å². The third-order valence-electron chi connectivity index (χ3n) is 13.6. The predicted molar refractivity (Wildman–Crippen MR) is 277 cm³/mol. The largest absolute Gasteiger partial charge is 0.456 e. The summed E-state index contributed by atoms with van der Waals surface area (Å²) in [5.74, 6) is 0.189. The van der Waals surface area contributed by atoms with Crippen molar-refractivity contribution in [2.45, 2.75) is 75.2 Å². The zero-order valence-corrected chi connectivity index (χ0v) is 39.1. The van der Waals surface area contributed by atoms with Gasteiger partial charge in [-0.2, -0.15) is 0 Å². The first-order valence-corrected chi connectivity index (χ1v) is 22.9. The lowest BCUT2D eigenvalue weighted by atomic mass is 9.93. The van der Waals surface area contributed by atoms with Gasteiger partial charge in [-0.25, -0.2) is 0 Å². The van der Waals surface area contributed by atoms with E-state index >= 15 is 0 Å². The second kappa shape index (κ2) is 15.2. The van der Waals surface area contributed by atoms with Crippen molar-refractivity contribution in [3.05, 3.63) is 190 Å². The summed E-state index contributed by atoms with van der Waals surface area (Å²) in [6, 6.07) is 51.8. The topological polar surface area (TPSA) is 32.8 Å². The monoisotopic (exact) mass is 846 g/mol. The lowest BCUT2D eigenvalue weighted by Gasteiger charge is -2.29. The van der Waals surface area contributed by atoms with Crippen LogP contribution in [-0.4, -0.2) is 0 Å². The molecule has 4 nitrogen and oxygen atoms in total. The Kier molecular flexibility index (Phi) is 9.44. The minimum absolute atomic E-state index is 0.189. The maximum atomic E-state index is 7.01. The third-order valence-corrected chi connectivity index (χ3v) is 13.6. The summed E-state index contributed by atoms with van der Waals surface area (Å²) in [5, 5.41) is 9.02. The van der Waals surface area contributed by atoms with Gasteiger partial charge in [-0.1, -0.05) is 74.5 Å². The predicted octanol–water partition coefficient (Wildman–Crippen LogP) is 18.3. The summed E-state index contributed by atoms with van der Waals surface area (Å²) in [7, 11) is 0. The molecule has 4 heteroatoms. The molecule has 0 saturated carbocycles. The maximum Gasteiger partial charge on any atom is 0.139 e. The van der Waals surface area contributed by atoms with Crippen LogP contribution in [0.15, 0.2) is 148 Å². The van der Waals surface area contributed by atoms with Crippen LogP contribution in [0.4, 0.5) is 34.1 Å². The minimum atomic E-state index is 0.189. The van der Waals surface area contributed by atoms with E-state index in [-0.39, 0.29) is 5.92 Å². The molecule has 0 unspecified atom stereocenters. The van der Waals surface area contributed by atoms with Crippen LogP contribution in [0.2, 0.25) is 0 Å². The molecule has 0 aliphatic rings. The average Bonchev–Trinajstić information content (AvgIpc) is 3.82. The van der Waals surface area contributed by atoms with Gasteiger partial charge in [0.05, 0.1) is 0 Å². The minimum Gasteiger partial charge on any atom is -0.456 e. The number of furan rings is 2. The summed E-state index contributed by atoms with van der Waals surface area (Å²) in [6.45, 7) is 22.0. The van der Waals surface area contributed by atoms with Gasteiger partial charge in [-0.15, -0.1) is 0 Å². The van der Waals surface area contributed by atoms with Crippen LogP contribution in [0.1, 0.15) is 69.8 Å². The summed E-state index contributed by atoms with van der Waals surface area (Å²) < 4.78 is 13.9. The molecule has 320 valence electrons. The molecule has 0 radical (unpaired) electrons. The van der Waals surface area contributed by atoms with Gasteiger partial charge in [0, 0.05) is 61.2 Å². The number of nitrogens with zero attached hydrogens (tertiary/aromatic N) is 2. The quantitative estimate of drug-likeness (QED) is 0.160. The highest BCUT2D eigenvalue weighted by Gasteiger charge is 2.24. The van der Waals surface area contributed by atoms with E-state index in [4.69, 9.17) is 8.83 Å². The molecular weight excluding hydrogens is 793 g/mol. The first-order valence-electron chi connectivity index (χ1n) is 22.9. The Hall–Kier alpha value is -7.30. The Labute approximate surface area is 381 Å². The van der Waals surface area contributed by atoms with Gasteiger partial charge in [0.1, 0.15) is 22.3 Å². The Morgan fingerprint density at radius 3 is 1.20 bits per heavy atom. The average molecular weight is 847 g/mol. The highest BCUT2D eigenvalue weighted by molar-refractivity contribution is 6.20. The summed E-state index contributed by atoms with van der Waals surface area (Å²) in [5.41, 5.74) is 21.6. The van der Waals surface area contributed by atoms with Crippen LogP contribution >= 0.6 is 0 Å². The van der Waals surface area contributed by atoms with Gasteiger partial charge < -0.3 is 18.6 Å². The van der Waals surface area contributed by atoms with Crippen molar-refractivity contribution in [3.63, 3.8) is 0 Å². The standard InChI is InChI=1S/C61H54N2O2/c1-34(2)59-60-51-30-44-20-22-48(63(54-25-37(5)13-17-41(54)9)55-26-38(6)14-18-42(55)10)28-46(44)32-57(51)64-58(60)33-50-49-29-43-19-21-47(27-45(43)31-56(49)65-61(50)59)62(52-23-35(3)11-15-39(52)7)53-24-36(4)12-16-40(53)8/h11-34H,1-10H3. The van der Waals surface area contributed by atoms with Crippen LogP contribution in [0, 0.1) is 55.4 Å². The fraction of sp³-hybridized carbons (Fsp3) is 0.180. The number of fused-ring (bicyclic) bond motifs is 8. The Morgan fingerprint density at radius 2 is 0.769 bits per heavy atom. The molecule has 0 aliphatic heterocycles. The molecule has 0 aliphatic carbocycles. The molecule has 0 amide bonds. The molecule has 9 aromatic carbocycles. The fourth-order valence-electron chi connectivity index (χ4n) is 10.1. The third kappa shape index (κ3) is 6.74. The van der Waals surface area contributed by atoms with Crippen LogP contribution in [0.25, 0.3) is 65.4 Å². The summed E-state index contributed by atoms with van der Waals surface area (Å²) >= 11 is 0. The smallest absolute Gasteiger partial charge is 0.139 e. The number of hydrogen-bond donors (Lipinski definition) is 0. The molecule has 0 atom stereocenters. The van der Waals surface area contributed by atoms with E-state index < -0.39 is 0 Å². The summed E-state index contributed by atoms with van der Waals surface area (Å²) in [6.07, 6.45) is 0. The highest BCUT2D eigenvalue weighted by atomic mass is 16.3. The number of benzene rings is 9. The van der Waals surface area contributed by atoms with Crippen molar-refractivity contribution in [2.75, 3.05) is 9.80 Å². The number of rotatable bonds is 7. The van der Waals surface area contributed by atoms with Gasteiger partial charge in [-0.05, 0) is 206 Å². The first kappa shape index (κ1) is 40.5. The van der Waals surface area contributed by atoms with E-state index in [9.17, 15) is 0 Å². The molecule has 0 spiro atoms. The maximum absolute atomic E-state index is 7.01. The molecule has 11 rings (SSSR count). The van der Waals surface area contributed by atoms with E-state index in [1.165, 1.54) is 83.6 Å². The van der Waals surface area contributed by atoms with Gasteiger partial charge in [-0.3, -0.25) is 0 Å². The SMILES string of the molecule is Cc1ccc(C)c(N(c2ccc3cc4c(cc3c2)oc2c(C(C)C)c3c(cc24)oc2cc4cc(N(c5cc(C)ccc5C)c5cc(C)ccc5C)ccc4cc23)c2cc(C)ccc2C)c1. The van der Waals surface area contributed by atoms with Crippen molar-refractivity contribution in [1.82, 2.24) is 0 Å². The van der Waals surface area contributed by atoms with Crippen molar-refractivity contribution < 1.29 is 8.83 Å². The summed E-state index contributed by atoms with van der Waals surface area (Å²) in [4.78, 5) is 4.83. The van der Waals surface area contributed by atoms with Crippen LogP contribution < -0.4 is 9.80 Å². The zero-order valence-electron chi connectivity index (χ0n) is 39.1. The second-order valence-electron chi connectivity index (χ2n) is 19.0. The molecule has 0 fully saturated rings. The Morgan fingerprint density at radius 1 is 0.354 bits per heavy atom. The lowest BCUT2D eigenvalue weighted by Crippen LogP contribution is -2.13. The van der Waals surface area contributed by atoms with Crippen molar-refractivity contribution in [2.24, 2.45) is 0 Å². The molecule has 0 N–H and O–H groups in total. The molecule has 65 heavy (non-hydrogen) atoms. The Balaban J connectivity index is 1.06. The van der Waals surface area contributed by atoms with Crippen LogP contribution in [-0.2, 0) is 0 Å². The normalized spacial score (nSPS) is 12.0. The fourth-order valence-corrected chi connectivity index (χ4v) is 10.1. The number of hydrogen-bond acceptors (Lipinski definition) is 4. The van der Waals surface area contributed by atoms with Gasteiger partial charge in [0.25, 0.3) is 0 Å². The molecule has 2 heterocycles. The van der Waals surface area contributed by atoms with Gasteiger partial charge >= 0.3 is 0 Å². The number of anilines is 6. The van der Waals surface area contributed by atoms with E-state index in [0.29, 0.717) is 0 Å². The van der Waals surface area contributed by atoms with Crippen LogP contribution in [0.5, 0.6) is 0 Å². The Bertz CT molecular complexity index is 3520. The lowest BCUT2D eigenvalue weighted by molar-refractivity contribution is 0.655. The molecule has 11 aromatic rings. The molecular formula is C61H54N2O2. The van der Waals surface area contributed by atoms with E-state index in [0.717, 1.165) is 66.0 Å². The first-order chi connectivity index (χ1) is 31.3. The van der Waals surface area contributed by atoms with E-state index in [1.807, 2.05) is 0 Å². The van der Waals surface area contributed by atoms with Crippen molar-refractivity contribution >= 4 is 99.5 Å². The molecule has 0 bridgehead atoms. The van der Waals surface area contributed by atoms with Crippen molar-refractivity contribution in [1.29, 1.82) is 0 Å². The zero-order chi connectivity index (χ0) is 45.0. The van der Waals surface area contributed by atoms with E-state index in [2.05, 4.69) is 219 Å². The second-order valence-corrected chi connectivity index (χ2v) is 19.0. The van der Waals surface area contributed by atoms with E-state index in [1.54, 1.807) is 0 Å². The van der Waals surface area contributed by atoms with Gasteiger partial charge in [0.15, 0.2) is 0 Å².